The molecule has 0 radical (unpaired) electrons. The molecule has 0 unspecified atom stereocenters. The lowest BCUT2D eigenvalue weighted by Gasteiger charge is -2.32. The minimum atomic E-state index is -3.52. The maximum absolute atomic E-state index is 13.2. The number of hydrogen-bond donors (Lipinski definition) is 2. The molecular formula is C44H68N4O6S2. The first kappa shape index (κ1) is 44.3. The zero-order valence-corrected chi connectivity index (χ0v) is 36.6. The molecule has 0 spiro atoms. The molecule has 2 saturated heterocycles. The molecule has 10 nitrogen and oxygen atoms in total. The summed E-state index contributed by atoms with van der Waals surface area (Å²) in [6.45, 7) is 13.8. The van der Waals surface area contributed by atoms with Gasteiger partial charge in [0.2, 0.25) is 31.9 Å². The third-order valence-corrected chi connectivity index (χ3v) is 17.0. The number of hydrogen-bond acceptors (Lipinski definition) is 6. The summed E-state index contributed by atoms with van der Waals surface area (Å²) in [5.74, 6) is 0.688. The summed E-state index contributed by atoms with van der Waals surface area (Å²) in [6.07, 6.45) is 15.7. The van der Waals surface area contributed by atoms with E-state index in [4.69, 9.17) is 0 Å². The maximum atomic E-state index is 13.2. The lowest BCUT2D eigenvalue weighted by molar-refractivity contribution is -0.127. The van der Waals surface area contributed by atoms with E-state index in [1.54, 1.807) is 8.61 Å². The highest BCUT2D eigenvalue weighted by Gasteiger charge is 2.35. The van der Waals surface area contributed by atoms with E-state index in [-0.39, 0.29) is 23.7 Å². The zero-order valence-electron chi connectivity index (χ0n) is 34.9. The molecule has 2 saturated carbocycles. The number of carbonyl (C=O) groups excluding carboxylic acids is 2. The number of carbonyl (C=O) groups is 2. The fourth-order valence-corrected chi connectivity index (χ4v) is 13.4. The van der Waals surface area contributed by atoms with Crippen LogP contribution in [-0.2, 0) is 29.6 Å². The van der Waals surface area contributed by atoms with Crippen molar-refractivity contribution in [2.45, 2.75) is 154 Å². The highest BCUT2D eigenvalue weighted by atomic mass is 32.2. The molecule has 312 valence electrons. The van der Waals surface area contributed by atoms with Gasteiger partial charge in [-0.05, 0) is 121 Å². The lowest BCUT2D eigenvalue weighted by Crippen LogP contribution is -2.45. The van der Waals surface area contributed by atoms with Crippen LogP contribution < -0.4 is 10.6 Å². The van der Waals surface area contributed by atoms with E-state index in [9.17, 15) is 26.4 Å². The Bertz CT molecular complexity index is 1840. The predicted molar refractivity (Wildman–Crippen MR) is 223 cm³/mol. The number of aryl methyl sites for hydroxylation is 6. The summed E-state index contributed by atoms with van der Waals surface area (Å²) in [4.78, 5) is 26.1. The second-order valence-electron chi connectivity index (χ2n) is 17.3. The molecule has 2 aliphatic carbocycles. The minimum absolute atomic E-state index is 0.0738. The monoisotopic (exact) mass is 812 g/mol. The van der Waals surface area contributed by atoms with E-state index in [1.807, 2.05) is 65.8 Å². The van der Waals surface area contributed by atoms with E-state index in [1.165, 1.54) is 57.8 Å². The molecule has 2 aliphatic heterocycles. The molecule has 4 aliphatic rings. The van der Waals surface area contributed by atoms with Crippen molar-refractivity contribution in [3.05, 3.63) is 57.6 Å². The first-order valence-electron chi connectivity index (χ1n) is 21.3. The van der Waals surface area contributed by atoms with Crippen LogP contribution in [0.15, 0.2) is 34.1 Å². The SMILES string of the molecule is Cc1cc(C)c(S(=O)(=O)N2CCC(C(=O)NC3CCCCCC3)CC2)c(C)c1.Cc1cc(C)c(S(=O)(=O)N2CCC(C(=O)NCC3CCCCC3)CC2)c(C)c1. The number of nitrogens with zero attached hydrogens (tertiary/aromatic N) is 2. The van der Waals surface area contributed by atoms with Crippen molar-refractivity contribution in [1.82, 2.24) is 19.2 Å². The zero-order chi connectivity index (χ0) is 40.6. The Morgan fingerprint density at radius 1 is 0.536 bits per heavy atom. The van der Waals surface area contributed by atoms with Gasteiger partial charge in [0.05, 0.1) is 9.79 Å². The Hall–Kier alpha value is -2.80. The molecule has 56 heavy (non-hydrogen) atoms. The van der Waals surface area contributed by atoms with Crippen LogP contribution in [0, 0.1) is 59.3 Å². The number of benzene rings is 2. The van der Waals surface area contributed by atoms with Crippen LogP contribution in [0.4, 0.5) is 0 Å². The molecule has 0 aromatic heterocycles. The lowest BCUT2D eigenvalue weighted by atomic mass is 9.89. The van der Waals surface area contributed by atoms with E-state index >= 15 is 0 Å². The van der Waals surface area contributed by atoms with Gasteiger partial charge >= 0.3 is 0 Å². The van der Waals surface area contributed by atoms with E-state index in [0.717, 1.165) is 52.8 Å². The summed E-state index contributed by atoms with van der Waals surface area (Å²) in [7, 11) is -7.04. The predicted octanol–water partition coefficient (Wildman–Crippen LogP) is 7.56. The largest absolute Gasteiger partial charge is 0.356 e. The number of sulfonamides is 2. The van der Waals surface area contributed by atoms with Gasteiger partial charge in [0.15, 0.2) is 0 Å². The van der Waals surface area contributed by atoms with Crippen LogP contribution in [0.2, 0.25) is 0 Å². The number of nitrogens with one attached hydrogen (secondary N) is 2. The fraction of sp³-hybridized carbons (Fsp3) is 0.682. The molecule has 0 bridgehead atoms. The Kier molecular flexibility index (Phi) is 15.6. The van der Waals surface area contributed by atoms with Gasteiger partial charge in [-0.3, -0.25) is 9.59 Å². The Morgan fingerprint density at radius 3 is 1.30 bits per heavy atom. The average Bonchev–Trinajstić information content (AvgIpc) is 3.42. The van der Waals surface area contributed by atoms with Crippen molar-refractivity contribution < 1.29 is 26.4 Å². The summed E-state index contributed by atoms with van der Waals surface area (Å²) in [5, 5.41) is 6.36. The Labute approximate surface area is 338 Å². The summed E-state index contributed by atoms with van der Waals surface area (Å²) >= 11 is 0. The van der Waals surface area contributed by atoms with Gasteiger partial charge < -0.3 is 10.6 Å². The van der Waals surface area contributed by atoms with E-state index in [2.05, 4.69) is 10.6 Å². The van der Waals surface area contributed by atoms with Crippen molar-refractivity contribution in [1.29, 1.82) is 0 Å². The van der Waals surface area contributed by atoms with Gasteiger partial charge in [0.25, 0.3) is 0 Å². The normalized spacial score (nSPS) is 20.5. The number of amides is 2. The fourth-order valence-electron chi connectivity index (χ4n) is 9.65. The third-order valence-electron chi connectivity index (χ3n) is 12.5. The topological polar surface area (TPSA) is 133 Å². The Morgan fingerprint density at radius 2 is 0.893 bits per heavy atom. The quantitative estimate of drug-likeness (QED) is 0.251. The molecule has 2 heterocycles. The summed E-state index contributed by atoms with van der Waals surface area (Å²) < 4.78 is 55.9. The Balaban J connectivity index is 0.000000214. The molecule has 12 heteroatoms. The molecule has 6 rings (SSSR count). The van der Waals surface area contributed by atoms with Crippen molar-refractivity contribution in [2.75, 3.05) is 32.7 Å². The smallest absolute Gasteiger partial charge is 0.243 e. The van der Waals surface area contributed by atoms with Crippen molar-refractivity contribution in [3.8, 4) is 0 Å². The molecule has 2 aromatic rings. The third kappa shape index (κ3) is 11.2. The summed E-state index contributed by atoms with van der Waals surface area (Å²) in [5.41, 5.74) is 5.33. The first-order valence-corrected chi connectivity index (χ1v) is 24.2. The molecule has 2 amide bonds. The molecule has 0 atom stereocenters. The van der Waals surface area contributed by atoms with Crippen LogP contribution in [0.3, 0.4) is 0 Å². The molecule has 2 N–H and O–H groups in total. The van der Waals surface area contributed by atoms with Crippen molar-refractivity contribution in [2.24, 2.45) is 17.8 Å². The molecular weight excluding hydrogens is 745 g/mol. The summed E-state index contributed by atoms with van der Waals surface area (Å²) in [6, 6.07) is 7.99. The van der Waals surface area contributed by atoms with Gasteiger partial charge in [-0.15, -0.1) is 0 Å². The standard InChI is InChI=1S/2C22H34N2O3S/c1-16-13-17(2)21(18(3)14-16)28(26,27)24-11-9-20(10-12-24)22(25)23-15-19-7-5-4-6-8-19;1-16-14-17(2)21(18(3)15-16)28(26,27)24-12-10-19(11-13-24)22(25)23-20-8-6-4-5-7-9-20/h13-14,19-20H,4-12,15H2,1-3H3,(H,23,25);14-15,19-20H,4-13H2,1-3H3,(H,23,25). The van der Waals surface area contributed by atoms with Crippen LogP contribution >= 0.6 is 0 Å². The van der Waals surface area contributed by atoms with E-state index < -0.39 is 20.0 Å². The second-order valence-corrected chi connectivity index (χ2v) is 21.0. The minimum Gasteiger partial charge on any atom is -0.356 e. The van der Waals surface area contributed by atoms with Gasteiger partial charge in [0.1, 0.15) is 0 Å². The highest BCUT2D eigenvalue weighted by molar-refractivity contribution is 7.89. The van der Waals surface area contributed by atoms with Crippen LogP contribution in [0.25, 0.3) is 0 Å². The molecule has 2 aromatic carbocycles. The van der Waals surface area contributed by atoms with Crippen molar-refractivity contribution in [3.63, 3.8) is 0 Å². The molecule has 4 fully saturated rings. The van der Waals surface area contributed by atoms with Crippen LogP contribution in [-0.4, -0.2) is 76.0 Å². The second kappa shape index (κ2) is 19.8. The van der Waals surface area contributed by atoms with Gasteiger partial charge in [-0.25, -0.2) is 16.8 Å². The van der Waals surface area contributed by atoms with Gasteiger partial charge in [-0.2, -0.15) is 8.61 Å². The maximum Gasteiger partial charge on any atom is 0.243 e. The van der Waals surface area contributed by atoms with Crippen molar-refractivity contribution >= 4 is 31.9 Å². The average molecular weight is 813 g/mol. The first-order chi connectivity index (χ1) is 26.6. The highest BCUT2D eigenvalue weighted by Crippen LogP contribution is 2.31. The van der Waals surface area contributed by atoms with Gasteiger partial charge in [-0.1, -0.05) is 80.3 Å². The van der Waals surface area contributed by atoms with Gasteiger partial charge in [0, 0.05) is 50.6 Å². The van der Waals surface area contributed by atoms with Crippen LogP contribution in [0.1, 0.15) is 130 Å². The van der Waals surface area contributed by atoms with E-state index in [0.29, 0.717) is 73.6 Å². The van der Waals surface area contributed by atoms with Crippen LogP contribution in [0.5, 0.6) is 0 Å². The number of piperidine rings is 2. The number of rotatable bonds is 9.